The molecule has 1 rings (SSSR count). The summed E-state index contributed by atoms with van der Waals surface area (Å²) < 4.78 is 4.98. The van der Waals surface area contributed by atoms with Gasteiger partial charge in [-0.25, -0.2) is 0 Å². The highest BCUT2D eigenvalue weighted by atomic mass is 16.5. The van der Waals surface area contributed by atoms with Crippen molar-refractivity contribution in [3.05, 3.63) is 0 Å². The van der Waals surface area contributed by atoms with Crippen molar-refractivity contribution in [1.82, 2.24) is 0 Å². The highest BCUT2D eigenvalue weighted by molar-refractivity contribution is 4.92. The SMILES string of the molecule is COCCC1(CCO)CC1. The Morgan fingerprint density at radius 3 is 2.50 bits per heavy atom. The maximum Gasteiger partial charge on any atom is 0.0467 e. The maximum absolute atomic E-state index is 8.70. The second kappa shape index (κ2) is 3.35. The minimum absolute atomic E-state index is 0.337. The topological polar surface area (TPSA) is 29.5 Å². The highest BCUT2D eigenvalue weighted by Crippen LogP contribution is 2.51. The molecule has 0 aromatic heterocycles. The van der Waals surface area contributed by atoms with Crippen LogP contribution in [0.15, 0.2) is 0 Å². The van der Waals surface area contributed by atoms with Crippen LogP contribution in [0, 0.1) is 5.41 Å². The minimum atomic E-state index is 0.337. The Bertz CT molecular complexity index is 97.4. The first-order valence-electron chi connectivity index (χ1n) is 3.93. The monoisotopic (exact) mass is 144 g/mol. The molecule has 1 aliphatic carbocycles. The molecule has 10 heavy (non-hydrogen) atoms. The van der Waals surface area contributed by atoms with Gasteiger partial charge in [-0.2, -0.15) is 0 Å². The van der Waals surface area contributed by atoms with E-state index in [0.29, 0.717) is 12.0 Å². The Labute approximate surface area is 62.2 Å². The Morgan fingerprint density at radius 1 is 1.40 bits per heavy atom. The smallest absolute Gasteiger partial charge is 0.0467 e. The third-order valence-electron chi connectivity index (χ3n) is 2.44. The van der Waals surface area contributed by atoms with Crippen LogP contribution in [-0.2, 0) is 4.74 Å². The zero-order valence-electron chi connectivity index (χ0n) is 6.60. The van der Waals surface area contributed by atoms with Crippen molar-refractivity contribution in [2.24, 2.45) is 5.41 Å². The molecule has 0 spiro atoms. The fraction of sp³-hybridized carbons (Fsp3) is 1.00. The lowest BCUT2D eigenvalue weighted by atomic mass is 9.99. The van der Waals surface area contributed by atoms with Gasteiger partial charge in [0.25, 0.3) is 0 Å². The lowest BCUT2D eigenvalue weighted by Gasteiger charge is -2.11. The van der Waals surface area contributed by atoms with Gasteiger partial charge in [-0.1, -0.05) is 0 Å². The fourth-order valence-electron chi connectivity index (χ4n) is 1.36. The van der Waals surface area contributed by atoms with Gasteiger partial charge in [-0.05, 0) is 31.1 Å². The van der Waals surface area contributed by atoms with E-state index in [1.165, 1.54) is 12.8 Å². The average molecular weight is 144 g/mol. The van der Waals surface area contributed by atoms with Crippen LogP contribution < -0.4 is 0 Å². The first kappa shape index (κ1) is 8.02. The molecule has 2 nitrogen and oxygen atoms in total. The number of methoxy groups -OCH3 is 1. The third-order valence-corrected chi connectivity index (χ3v) is 2.44. The predicted octanol–water partition coefficient (Wildman–Crippen LogP) is 1.19. The molecule has 0 amide bonds. The van der Waals surface area contributed by atoms with Crippen LogP contribution in [0.25, 0.3) is 0 Å². The second-order valence-corrected chi connectivity index (χ2v) is 3.22. The zero-order valence-corrected chi connectivity index (χ0v) is 6.60. The molecule has 2 heteroatoms. The summed E-state index contributed by atoms with van der Waals surface area (Å²) in [6, 6.07) is 0. The minimum Gasteiger partial charge on any atom is -0.396 e. The van der Waals surface area contributed by atoms with E-state index in [4.69, 9.17) is 9.84 Å². The Morgan fingerprint density at radius 2 is 2.10 bits per heavy atom. The Hall–Kier alpha value is -0.0800. The zero-order chi connectivity index (χ0) is 7.45. The largest absolute Gasteiger partial charge is 0.396 e. The molecule has 1 N–H and O–H groups in total. The number of ether oxygens (including phenoxy) is 1. The van der Waals surface area contributed by atoms with Crippen LogP contribution in [0.4, 0.5) is 0 Å². The van der Waals surface area contributed by atoms with Gasteiger partial charge in [0, 0.05) is 20.3 Å². The summed E-state index contributed by atoms with van der Waals surface area (Å²) in [5.74, 6) is 0. The Balaban J connectivity index is 2.11. The normalized spacial score (nSPS) is 21.0. The first-order valence-corrected chi connectivity index (χ1v) is 3.93. The first-order chi connectivity index (χ1) is 4.83. The summed E-state index contributed by atoms with van der Waals surface area (Å²) in [6.07, 6.45) is 4.67. The van der Waals surface area contributed by atoms with Crippen LogP contribution in [0.2, 0.25) is 0 Å². The van der Waals surface area contributed by atoms with Gasteiger partial charge < -0.3 is 9.84 Å². The lowest BCUT2D eigenvalue weighted by molar-refractivity contribution is 0.158. The van der Waals surface area contributed by atoms with Crippen molar-refractivity contribution in [1.29, 1.82) is 0 Å². The molecule has 1 saturated carbocycles. The van der Waals surface area contributed by atoms with Crippen molar-refractivity contribution in [3.8, 4) is 0 Å². The van der Waals surface area contributed by atoms with Crippen LogP contribution in [0.5, 0.6) is 0 Å². The lowest BCUT2D eigenvalue weighted by Crippen LogP contribution is -2.06. The molecule has 0 aliphatic heterocycles. The summed E-state index contributed by atoms with van der Waals surface area (Å²) >= 11 is 0. The van der Waals surface area contributed by atoms with Gasteiger partial charge in [0.2, 0.25) is 0 Å². The van der Waals surface area contributed by atoms with Gasteiger partial charge in [0.15, 0.2) is 0 Å². The predicted molar refractivity (Wildman–Crippen MR) is 39.9 cm³/mol. The number of rotatable bonds is 5. The molecule has 1 fully saturated rings. The fourth-order valence-corrected chi connectivity index (χ4v) is 1.36. The van der Waals surface area contributed by atoms with Crippen molar-refractivity contribution in [2.45, 2.75) is 25.7 Å². The number of hydrogen-bond donors (Lipinski definition) is 1. The van der Waals surface area contributed by atoms with Gasteiger partial charge in [-0.3, -0.25) is 0 Å². The number of aliphatic hydroxyl groups is 1. The summed E-state index contributed by atoms with van der Waals surface area (Å²) in [7, 11) is 1.73. The van der Waals surface area contributed by atoms with Crippen LogP contribution in [0.3, 0.4) is 0 Å². The molecule has 0 saturated heterocycles. The summed E-state index contributed by atoms with van der Waals surface area (Å²) in [5, 5.41) is 8.70. The molecule has 60 valence electrons. The summed E-state index contributed by atoms with van der Waals surface area (Å²) in [4.78, 5) is 0. The van der Waals surface area contributed by atoms with Gasteiger partial charge in [-0.15, -0.1) is 0 Å². The van der Waals surface area contributed by atoms with Crippen molar-refractivity contribution in [3.63, 3.8) is 0 Å². The van der Waals surface area contributed by atoms with Crippen LogP contribution in [-0.4, -0.2) is 25.4 Å². The van der Waals surface area contributed by atoms with E-state index in [2.05, 4.69) is 0 Å². The average Bonchev–Trinajstić information content (AvgIpc) is 2.67. The summed E-state index contributed by atoms with van der Waals surface area (Å²) in [6.45, 7) is 1.18. The van der Waals surface area contributed by atoms with Crippen molar-refractivity contribution >= 4 is 0 Å². The Kier molecular flexibility index (Phi) is 2.69. The van der Waals surface area contributed by atoms with E-state index in [0.717, 1.165) is 19.4 Å². The van der Waals surface area contributed by atoms with E-state index in [1.807, 2.05) is 0 Å². The maximum atomic E-state index is 8.70. The van der Waals surface area contributed by atoms with Crippen molar-refractivity contribution in [2.75, 3.05) is 20.3 Å². The second-order valence-electron chi connectivity index (χ2n) is 3.22. The van der Waals surface area contributed by atoms with E-state index in [9.17, 15) is 0 Å². The van der Waals surface area contributed by atoms with Crippen molar-refractivity contribution < 1.29 is 9.84 Å². The summed E-state index contributed by atoms with van der Waals surface area (Å²) in [5.41, 5.74) is 0.477. The van der Waals surface area contributed by atoms with Crippen LogP contribution >= 0.6 is 0 Å². The standard InChI is InChI=1S/C8H16O2/c1-10-7-5-8(2-3-8)4-6-9/h9H,2-7H2,1H3. The van der Waals surface area contributed by atoms with Gasteiger partial charge in [0.1, 0.15) is 0 Å². The molecule has 0 unspecified atom stereocenters. The third kappa shape index (κ3) is 1.96. The van der Waals surface area contributed by atoms with E-state index in [1.54, 1.807) is 7.11 Å². The molecule has 0 heterocycles. The number of hydrogen-bond acceptors (Lipinski definition) is 2. The quantitative estimate of drug-likeness (QED) is 0.628. The highest BCUT2D eigenvalue weighted by Gasteiger charge is 2.40. The van der Waals surface area contributed by atoms with Gasteiger partial charge in [0.05, 0.1) is 0 Å². The van der Waals surface area contributed by atoms with E-state index in [-0.39, 0.29) is 0 Å². The molecule has 1 aliphatic rings. The number of aliphatic hydroxyl groups excluding tert-OH is 1. The molecule has 0 radical (unpaired) electrons. The van der Waals surface area contributed by atoms with E-state index >= 15 is 0 Å². The molecule has 0 atom stereocenters. The van der Waals surface area contributed by atoms with E-state index < -0.39 is 0 Å². The molecule has 0 aromatic carbocycles. The molecular weight excluding hydrogens is 128 g/mol. The van der Waals surface area contributed by atoms with Gasteiger partial charge >= 0.3 is 0 Å². The molecule has 0 bridgehead atoms. The molecular formula is C8H16O2. The molecule has 0 aromatic rings. The van der Waals surface area contributed by atoms with Crippen LogP contribution in [0.1, 0.15) is 25.7 Å².